The van der Waals surface area contributed by atoms with Gasteiger partial charge in [-0.25, -0.2) is 14.8 Å². The maximum Gasteiger partial charge on any atom is 0.326 e. The molecule has 0 aliphatic heterocycles. The summed E-state index contributed by atoms with van der Waals surface area (Å²) in [5, 5.41) is 13.0. The molecule has 0 bridgehead atoms. The first-order valence-corrected chi connectivity index (χ1v) is 10.6. The number of carboxylic acid groups (broad SMARTS) is 1. The standard InChI is InChI=1S/C21H17Cl2N3O3S/c22-15-8-6-14(7-9-15)12-30-21-24-11-16(23)18(26-21)19(27)25-17(20(28)29)10-13-4-2-1-3-5-13/h1-9,11,17H,10,12H2,(H,25,27)(H,28,29). The van der Waals surface area contributed by atoms with Crippen molar-refractivity contribution in [3.05, 3.63) is 87.7 Å². The van der Waals surface area contributed by atoms with E-state index >= 15 is 0 Å². The van der Waals surface area contributed by atoms with Gasteiger partial charge in [-0.3, -0.25) is 4.79 Å². The predicted octanol–water partition coefficient (Wildman–Crippen LogP) is 4.50. The van der Waals surface area contributed by atoms with Crippen LogP contribution in [0.15, 0.2) is 66.0 Å². The number of rotatable bonds is 8. The Morgan fingerprint density at radius 2 is 1.73 bits per heavy atom. The fourth-order valence-electron chi connectivity index (χ4n) is 2.58. The highest BCUT2D eigenvalue weighted by molar-refractivity contribution is 7.98. The number of hydrogen-bond donors (Lipinski definition) is 2. The maximum atomic E-state index is 12.7. The summed E-state index contributed by atoms with van der Waals surface area (Å²) in [6.45, 7) is 0. The summed E-state index contributed by atoms with van der Waals surface area (Å²) >= 11 is 13.3. The van der Waals surface area contributed by atoms with Crippen LogP contribution in [0.2, 0.25) is 10.0 Å². The maximum absolute atomic E-state index is 12.7. The summed E-state index contributed by atoms with van der Waals surface area (Å²) in [4.78, 5) is 32.6. The van der Waals surface area contributed by atoms with Crippen molar-refractivity contribution in [2.75, 3.05) is 0 Å². The molecule has 3 rings (SSSR count). The molecule has 1 heterocycles. The Morgan fingerprint density at radius 3 is 2.40 bits per heavy atom. The number of carboxylic acids is 1. The minimum Gasteiger partial charge on any atom is -0.480 e. The lowest BCUT2D eigenvalue weighted by atomic mass is 10.1. The fraction of sp³-hybridized carbons (Fsp3) is 0.143. The van der Waals surface area contributed by atoms with Gasteiger partial charge in [0.2, 0.25) is 0 Å². The number of aromatic nitrogens is 2. The van der Waals surface area contributed by atoms with E-state index in [1.165, 1.54) is 18.0 Å². The molecule has 154 valence electrons. The second-order valence-corrected chi connectivity index (χ2v) is 8.10. The van der Waals surface area contributed by atoms with Crippen molar-refractivity contribution in [3.8, 4) is 0 Å². The van der Waals surface area contributed by atoms with Gasteiger partial charge in [0.1, 0.15) is 6.04 Å². The van der Waals surface area contributed by atoms with E-state index in [1.54, 1.807) is 24.3 Å². The molecule has 0 radical (unpaired) electrons. The molecule has 30 heavy (non-hydrogen) atoms. The molecule has 0 aliphatic carbocycles. The predicted molar refractivity (Wildman–Crippen MR) is 117 cm³/mol. The summed E-state index contributed by atoms with van der Waals surface area (Å²) in [5.41, 5.74) is 1.74. The Balaban J connectivity index is 1.70. The van der Waals surface area contributed by atoms with Gasteiger partial charge in [0.15, 0.2) is 10.9 Å². The van der Waals surface area contributed by atoms with Crippen molar-refractivity contribution in [2.24, 2.45) is 0 Å². The van der Waals surface area contributed by atoms with Gasteiger partial charge in [-0.1, -0.05) is 77.4 Å². The van der Waals surface area contributed by atoms with Gasteiger partial charge >= 0.3 is 5.97 Å². The van der Waals surface area contributed by atoms with Gasteiger partial charge in [-0.05, 0) is 23.3 Å². The first-order valence-electron chi connectivity index (χ1n) is 8.90. The van der Waals surface area contributed by atoms with Gasteiger partial charge in [-0.15, -0.1) is 0 Å². The molecule has 3 aromatic rings. The SMILES string of the molecule is O=C(NC(Cc1ccccc1)C(=O)O)c1nc(SCc2ccc(Cl)cc2)ncc1Cl. The zero-order chi connectivity index (χ0) is 21.5. The molecule has 0 saturated carbocycles. The minimum absolute atomic E-state index is 0.0483. The zero-order valence-electron chi connectivity index (χ0n) is 15.6. The van der Waals surface area contributed by atoms with Crippen LogP contribution < -0.4 is 5.32 Å². The third-order valence-corrected chi connectivity index (χ3v) is 5.57. The largest absolute Gasteiger partial charge is 0.480 e. The number of nitrogens with zero attached hydrogens (tertiary/aromatic N) is 2. The molecule has 1 atom stereocenters. The Bertz CT molecular complexity index is 1030. The highest BCUT2D eigenvalue weighted by atomic mass is 35.5. The molecule has 9 heteroatoms. The lowest BCUT2D eigenvalue weighted by Crippen LogP contribution is -2.42. The van der Waals surface area contributed by atoms with Crippen molar-refractivity contribution in [1.29, 1.82) is 0 Å². The normalized spacial score (nSPS) is 11.7. The average molecular weight is 462 g/mol. The van der Waals surface area contributed by atoms with Crippen LogP contribution in [0.4, 0.5) is 0 Å². The van der Waals surface area contributed by atoms with Gasteiger partial charge < -0.3 is 10.4 Å². The molecule has 0 aliphatic rings. The number of halogens is 2. The summed E-state index contributed by atoms with van der Waals surface area (Å²) in [6.07, 6.45) is 1.48. The number of amides is 1. The molecule has 2 N–H and O–H groups in total. The smallest absolute Gasteiger partial charge is 0.326 e. The van der Waals surface area contributed by atoms with E-state index < -0.39 is 17.9 Å². The number of aliphatic carboxylic acids is 1. The van der Waals surface area contributed by atoms with Crippen molar-refractivity contribution >= 4 is 46.8 Å². The van der Waals surface area contributed by atoms with Crippen LogP contribution in [0.1, 0.15) is 21.6 Å². The number of carbonyl (C=O) groups is 2. The van der Waals surface area contributed by atoms with E-state index in [9.17, 15) is 14.7 Å². The Morgan fingerprint density at radius 1 is 1.03 bits per heavy atom. The minimum atomic E-state index is -1.14. The molecule has 1 aromatic heterocycles. The molecule has 0 fully saturated rings. The van der Waals surface area contributed by atoms with Crippen molar-refractivity contribution < 1.29 is 14.7 Å². The average Bonchev–Trinajstić information content (AvgIpc) is 2.74. The third-order valence-electron chi connectivity index (χ3n) is 4.10. The molecule has 0 saturated heterocycles. The number of nitrogens with one attached hydrogen (secondary N) is 1. The van der Waals surface area contributed by atoms with E-state index in [-0.39, 0.29) is 17.1 Å². The van der Waals surface area contributed by atoms with Gasteiger partial charge in [0.05, 0.1) is 11.2 Å². The first kappa shape index (κ1) is 22.1. The molecular weight excluding hydrogens is 445 g/mol. The van der Waals surface area contributed by atoms with Crippen LogP contribution in [-0.2, 0) is 17.0 Å². The number of benzene rings is 2. The Hall–Kier alpha value is -2.61. The fourth-order valence-corrected chi connectivity index (χ4v) is 3.66. The second-order valence-electron chi connectivity index (χ2n) is 6.32. The van der Waals surface area contributed by atoms with Gasteiger partial charge in [0, 0.05) is 17.2 Å². The van der Waals surface area contributed by atoms with Crippen LogP contribution in [-0.4, -0.2) is 33.0 Å². The highest BCUT2D eigenvalue weighted by Gasteiger charge is 2.23. The van der Waals surface area contributed by atoms with Crippen LogP contribution >= 0.6 is 35.0 Å². The van der Waals surface area contributed by atoms with E-state index in [2.05, 4.69) is 15.3 Å². The van der Waals surface area contributed by atoms with Crippen molar-refractivity contribution in [3.63, 3.8) is 0 Å². The van der Waals surface area contributed by atoms with Gasteiger partial charge in [-0.2, -0.15) is 0 Å². The summed E-state index contributed by atoms with van der Waals surface area (Å²) in [6, 6.07) is 15.3. The monoisotopic (exact) mass is 461 g/mol. The lowest BCUT2D eigenvalue weighted by Gasteiger charge is -2.15. The second kappa shape index (κ2) is 10.4. The molecule has 1 amide bonds. The van der Waals surface area contributed by atoms with Crippen LogP contribution in [0, 0.1) is 0 Å². The number of thioether (sulfide) groups is 1. The van der Waals surface area contributed by atoms with E-state index in [4.69, 9.17) is 23.2 Å². The number of hydrogen-bond acceptors (Lipinski definition) is 5. The molecule has 1 unspecified atom stereocenters. The van der Waals surface area contributed by atoms with Crippen molar-refractivity contribution in [2.45, 2.75) is 23.4 Å². The summed E-state index contributed by atoms with van der Waals surface area (Å²) in [7, 11) is 0. The molecular formula is C21H17Cl2N3O3S. The lowest BCUT2D eigenvalue weighted by molar-refractivity contribution is -0.139. The summed E-state index contributed by atoms with van der Waals surface area (Å²) in [5.74, 6) is -1.24. The molecule has 6 nitrogen and oxygen atoms in total. The van der Waals surface area contributed by atoms with E-state index in [1.807, 2.05) is 30.3 Å². The third kappa shape index (κ3) is 6.19. The highest BCUT2D eigenvalue weighted by Crippen LogP contribution is 2.23. The Labute approximate surface area is 187 Å². The van der Waals surface area contributed by atoms with Crippen LogP contribution in [0.3, 0.4) is 0 Å². The van der Waals surface area contributed by atoms with E-state index in [0.717, 1.165) is 11.1 Å². The zero-order valence-corrected chi connectivity index (χ0v) is 17.9. The topological polar surface area (TPSA) is 92.2 Å². The van der Waals surface area contributed by atoms with Gasteiger partial charge in [0.25, 0.3) is 5.91 Å². The number of carbonyl (C=O) groups excluding carboxylic acids is 1. The first-order chi connectivity index (χ1) is 14.4. The Kier molecular flexibility index (Phi) is 7.68. The van der Waals surface area contributed by atoms with Crippen LogP contribution in [0.25, 0.3) is 0 Å². The summed E-state index contributed by atoms with van der Waals surface area (Å²) < 4.78 is 0. The van der Waals surface area contributed by atoms with E-state index in [0.29, 0.717) is 15.9 Å². The van der Waals surface area contributed by atoms with Crippen molar-refractivity contribution in [1.82, 2.24) is 15.3 Å². The molecule has 0 spiro atoms. The quantitative estimate of drug-likeness (QED) is 0.378. The van der Waals surface area contributed by atoms with Crippen LogP contribution in [0.5, 0.6) is 0 Å². The molecule has 2 aromatic carbocycles.